The second-order valence-corrected chi connectivity index (χ2v) is 14.9. The summed E-state index contributed by atoms with van der Waals surface area (Å²) < 4.78 is 10.9. The van der Waals surface area contributed by atoms with E-state index in [1.165, 1.54) is 44.9 Å². The Morgan fingerprint density at radius 2 is 1.29 bits per heavy atom. The molecule has 0 radical (unpaired) electrons. The van der Waals surface area contributed by atoms with Crippen LogP contribution in [0.1, 0.15) is 164 Å². The topological polar surface area (TPSA) is 145 Å². The van der Waals surface area contributed by atoms with Crippen molar-refractivity contribution in [1.82, 2.24) is 9.91 Å². The van der Waals surface area contributed by atoms with Gasteiger partial charge in [0.25, 0.3) is 5.91 Å². The monoisotopic (exact) mass is 638 g/mol. The SMILES string of the molecule is CCCCCCCCCCCCC(=O)N1CCCCC1CN(N)C(=O)C(N)(CCCCC(=O)OC(C)(C)C)C(=O)OC(C)(C)C. The zero-order valence-electron chi connectivity index (χ0n) is 29.7. The molecule has 1 aliphatic rings. The molecule has 1 saturated heterocycles. The van der Waals surface area contributed by atoms with Crippen LogP contribution in [0.4, 0.5) is 0 Å². The molecule has 0 aliphatic carbocycles. The first-order chi connectivity index (χ1) is 21.0. The molecule has 4 N–H and O–H groups in total. The van der Waals surface area contributed by atoms with Gasteiger partial charge < -0.3 is 20.1 Å². The van der Waals surface area contributed by atoms with E-state index in [9.17, 15) is 19.2 Å². The highest BCUT2D eigenvalue weighted by Gasteiger charge is 2.47. The zero-order valence-corrected chi connectivity index (χ0v) is 29.7. The van der Waals surface area contributed by atoms with Gasteiger partial charge >= 0.3 is 11.9 Å². The minimum absolute atomic E-state index is 0.0384. The molecule has 0 aromatic rings. The van der Waals surface area contributed by atoms with Crippen LogP contribution >= 0.6 is 0 Å². The normalized spacial score (nSPS) is 17.0. The van der Waals surface area contributed by atoms with Crippen LogP contribution < -0.4 is 11.6 Å². The molecule has 262 valence electrons. The Labute approximate surface area is 273 Å². The van der Waals surface area contributed by atoms with E-state index in [-0.39, 0.29) is 37.3 Å². The molecule has 10 nitrogen and oxygen atoms in total. The number of rotatable bonds is 20. The van der Waals surface area contributed by atoms with E-state index in [2.05, 4.69) is 6.92 Å². The third-order valence-corrected chi connectivity index (χ3v) is 8.13. The van der Waals surface area contributed by atoms with Crippen LogP contribution in [0, 0.1) is 0 Å². The molecule has 2 amide bonds. The van der Waals surface area contributed by atoms with Gasteiger partial charge in [0.2, 0.25) is 5.91 Å². The van der Waals surface area contributed by atoms with E-state index in [1.54, 1.807) is 41.5 Å². The molecule has 0 aromatic carbocycles. The van der Waals surface area contributed by atoms with Crippen molar-refractivity contribution < 1.29 is 28.7 Å². The second-order valence-electron chi connectivity index (χ2n) is 14.9. The lowest BCUT2D eigenvalue weighted by Gasteiger charge is -2.39. The number of nitrogens with zero attached hydrogens (tertiary/aromatic N) is 2. The number of hydrazine groups is 1. The van der Waals surface area contributed by atoms with Crippen molar-refractivity contribution in [2.75, 3.05) is 13.1 Å². The Morgan fingerprint density at radius 3 is 1.84 bits per heavy atom. The average molecular weight is 639 g/mol. The number of nitrogens with two attached hydrogens (primary N) is 2. The summed E-state index contributed by atoms with van der Waals surface area (Å²) in [5.74, 6) is 4.44. The Morgan fingerprint density at radius 1 is 0.756 bits per heavy atom. The molecule has 1 aliphatic heterocycles. The Kier molecular flexibility index (Phi) is 18.3. The van der Waals surface area contributed by atoms with Crippen molar-refractivity contribution in [3.8, 4) is 0 Å². The molecular weight excluding hydrogens is 572 g/mol. The molecule has 1 fully saturated rings. The number of unbranched alkanes of at least 4 members (excludes halogenated alkanes) is 10. The molecule has 2 atom stereocenters. The maximum Gasteiger partial charge on any atom is 0.336 e. The maximum atomic E-state index is 13.7. The average Bonchev–Trinajstić information content (AvgIpc) is 2.94. The van der Waals surface area contributed by atoms with Crippen LogP contribution in [0.3, 0.4) is 0 Å². The van der Waals surface area contributed by atoms with Crippen LogP contribution in [-0.4, -0.2) is 69.5 Å². The molecule has 10 heteroatoms. The van der Waals surface area contributed by atoms with Crippen LogP contribution in [0.5, 0.6) is 0 Å². The maximum absolute atomic E-state index is 13.7. The van der Waals surface area contributed by atoms with Crippen LogP contribution in [0.2, 0.25) is 0 Å². The fourth-order valence-electron chi connectivity index (χ4n) is 5.72. The molecule has 0 spiro atoms. The summed E-state index contributed by atoms with van der Waals surface area (Å²) >= 11 is 0. The van der Waals surface area contributed by atoms with Crippen molar-refractivity contribution in [3.63, 3.8) is 0 Å². The molecule has 45 heavy (non-hydrogen) atoms. The lowest BCUT2D eigenvalue weighted by molar-refractivity contribution is -0.168. The number of carbonyl (C=O) groups is 4. The number of amides is 2. The van der Waals surface area contributed by atoms with Gasteiger partial charge in [-0.25, -0.2) is 10.6 Å². The summed E-state index contributed by atoms with van der Waals surface area (Å²) in [6, 6.07) is -0.238. The van der Waals surface area contributed by atoms with Crippen molar-refractivity contribution >= 4 is 23.8 Å². The number of esters is 2. The van der Waals surface area contributed by atoms with Crippen LogP contribution in [0.15, 0.2) is 0 Å². The summed E-state index contributed by atoms with van der Waals surface area (Å²) in [5, 5.41) is 0.995. The number of carbonyl (C=O) groups excluding carboxylic acids is 4. The number of ether oxygens (including phenoxy) is 2. The van der Waals surface area contributed by atoms with Gasteiger partial charge in [-0.15, -0.1) is 0 Å². The van der Waals surface area contributed by atoms with E-state index in [0.29, 0.717) is 25.8 Å². The fraction of sp³-hybridized carbons (Fsp3) is 0.886. The Balaban J connectivity index is 2.74. The summed E-state index contributed by atoms with van der Waals surface area (Å²) in [7, 11) is 0. The first-order valence-corrected chi connectivity index (χ1v) is 17.6. The smallest absolute Gasteiger partial charge is 0.336 e. The second kappa shape index (κ2) is 20.1. The Hall–Kier alpha value is -2.20. The van der Waals surface area contributed by atoms with Gasteiger partial charge in [0, 0.05) is 19.4 Å². The highest BCUT2D eigenvalue weighted by Crippen LogP contribution is 2.24. The van der Waals surface area contributed by atoms with Crippen LogP contribution in [0.25, 0.3) is 0 Å². The highest BCUT2D eigenvalue weighted by atomic mass is 16.6. The lowest BCUT2D eigenvalue weighted by Crippen LogP contribution is -2.65. The molecule has 2 unspecified atom stereocenters. The number of hydrogen-bond acceptors (Lipinski definition) is 8. The van der Waals surface area contributed by atoms with Gasteiger partial charge in [0.05, 0.1) is 12.6 Å². The van der Waals surface area contributed by atoms with E-state index in [4.69, 9.17) is 21.1 Å². The number of hydrogen-bond donors (Lipinski definition) is 2. The fourth-order valence-corrected chi connectivity index (χ4v) is 5.72. The summed E-state index contributed by atoms with van der Waals surface area (Å²) in [5.41, 5.74) is 3.04. The van der Waals surface area contributed by atoms with Crippen molar-refractivity contribution in [1.29, 1.82) is 0 Å². The molecular formula is C35H66N4O6. The van der Waals surface area contributed by atoms with Gasteiger partial charge in [-0.2, -0.15) is 0 Å². The third kappa shape index (κ3) is 16.8. The zero-order chi connectivity index (χ0) is 34.1. The van der Waals surface area contributed by atoms with E-state index >= 15 is 0 Å². The molecule has 1 rings (SSSR count). The molecule has 1 heterocycles. The third-order valence-electron chi connectivity index (χ3n) is 8.13. The minimum atomic E-state index is -2.02. The summed E-state index contributed by atoms with van der Waals surface area (Å²) in [6.45, 7) is 13.5. The van der Waals surface area contributed by atoms with E-state index in [1.807, 2.05) is 4.90 Å². The Bertz CT molecular complexity index is 913. The molecule has 0 aromatic heterocycles. The highest BCUT2D eigenvalue weighted by molar-refractivity contribution is 6.07. The minimum Gasteiger partial charge on any atom is -0.460 e. The van der Waals surface area contributed by atoms with E-state index < -0.39 is 28.6 Å². The predicted octanol–water partition coefficient (Wildman–Crippen LogP) is 6.32. The number of likely N-dealkylation sites (tertiary alicyclic amines) is 1. The quantitative estimate of drug-likeness (QED) is 0.0393. The molecule has 0 saturated carbocycles. The van der Waals surface area contributed by atoms with Gasteiger partial charge in [0.15, 0.2) is 5.54 Å². The first kappa shape index (κ1) is 40.8. The van der Waals surface area contributed by atoms with Gasteiger partial charge in [-0.1, -0.05) is 64.7 Å². The lowest BCUT2D eigenvalue weighted by atomic mass is 9.91. The summed E-state index contributed by atoms with van der Waals surface area (Å²) in [6.07, 6.45) is 15.9. The van der Waals surface area contributed by atoms with Gasteiger partial charge in [0.1, 0.15) is 11.2 Å². The summed E-state index contributed by atoms with van der Waals surface area (Å²) in [4.78, 5) is 54.2. The predicted molar refractivity (Wildman–Crippen MR) is 179 cm³/mol. The first-order valence-electron chi connectivity index (χ1n) is 17.6. The van der Waals surface area contributed by atoms with Crippen molar-refractivity contribution in [3.05, 3.63) is 0 Å². The van der Waals surface area contributed by atoms with Gasteiger partial charge in [-0.3, -0.25) is 19.4 Å². The van der Waals surface area contributed by atoms with E-state index in [0.717, 1.165) is 43.5 Å². The largest absolute Gasteiger partial charge is 0.460 e. The number of piperidine rings is 1. The van der Waals surface area contributed by atoms with Crippen molar-refractivity contribution in [2.45, 2.75) is 187 Å². The van der Waals surface area contributed by atoms with Crippen LogP contribution in [-0.2, 0) is 28.7 Å². The standard InChI is InChI=1S/C35H66N4O6/c1-8-9-10-11-12-13-14-15-16-17-23-29(40)38-26-21-19-22-28(38)27-39(37)31(42)35(36,32(43)45-34(5,6)7)25-20-18-24-30(41)44-33(2,3)4/h28H,8-27,36-37H2,1-7H3. The van der Waals surface area contributed by atoms with Gasteiger partial charge in [-0.05, 0) is 86.5 Å². The molecule has 0 bridgehead atoms. The van der Waals surface area contributed by atoms with Crippen molar-refractivity contribution in [2.24, 2.45) is 11.6 Å².